The van der Waals surface area contributed by atoms with Crippen LogP contribution >= 0.6 is 11.6 Å². The zero-order chi connectivity index (χ0) is 26.7. The number of aryl methyl sites for hydroxylation is 1. The van der Waals surface area contributed by atoms with Crippen LogP contribution in [0.3, 0.4) is 0 Å². The van der Waals surface area contributed by atoms with Crippen molar-refractivity contribution in [1.82, 2.24) is 29.1 Å². The van der Waals surface area contributed by atoms with Gasteiger partial charge in [-0.15, -0.1) is 0 Å². The van der Waals surface area contributed by atoms with Crippen molar-refractivity contribution in [1.29, 1.82) is 0 Å². The first-order valence-electron chi connectivity index (χ1n) is 11.6. The van der Waals surface area contributed by atoms with Gasteiger partial charge in [-0.1, -0.05) is 11.6 Å². The van der Waals surface area contributed by atoms with Crippen molar-refractivity contribution in [2.75, 3.05) is 56.2 Å². The monoisotopic (exact) mass is 547 g/mol. The first-order chi connectivity index (χ1) is 17.5. The number of nitrogens with zero attached hydrogens (tertiary/aromatic N) is 6. The van der Waals surface area contributed by atoms with Gasteiger partial charge in [0.25, 0.3) is 0 Å². The molecule has 0 bridgehead atoms. The van der Waals surface area contributed by atoms with Crippen LogP contribution in [0, 0.1) is 6.92 Å². The second-order valence-electron chi connectivity index (χ2n) is 8.79. The molecule has 37 heavy (non-hydrogen) atoms. The lowest BCUT2D eigenvalue weighted by molar-refractivity contribution is 0.0198. The molecule has 1 aliphatic rings. The summed E-state index contributed by atoms with van der Waals surface area (Å²) in [5.41, 5.74) is 8.94. The number of morpholine rings is 1. The molecule has 0 aliphatic carbocycles. The normalized spacial score (nSPS) is 15.5. The lowest BCUT2D eigenvalue weighted by Gasteiger charge is -2.32. The van der Waals surface area contributed by atoms with E-state index in [2.05, 4.69) is 36.8 Å². The standard InChI is InChI=1S/C23H30ClN9O3S/c1-14(33-5-7-36-8-6-33)16-9-18(19-11-21(25)29-15(2)28-19)23(27-12-16)30-17-10-20(22(24)26-13-17)31-37(34,35)32(3)4/h9-14,31H,5-8H2,1-4H3,(H,27,30)(H2,25,28,29). The van der Waals surface area contributed by atoms with Gasteiger partial charge in [0.1, 0.15) is 17.5 Å². The minimum atomic E-state index is -3.78. The maximum atomic E-state index is 12.3. The number of halogens is 1. The van der Waals surface area contributed by atoms with E-state index in [1.54, 1.807) is 19.1 Å². The predicted molar refractivity (Wildman–Crippen MR) is 144 cm³/mol. The molecule has 4 N–H and O–H groups in total. The molecule has 0 saturated carbocycles. The summed E-state index contributed by atoms with van der Waals surface area (Å²) < 4.78 is 33.6. The predicted octanol–water partition coefficient (Wildman–Crippen LogP) is 2.83. The molecular weight excluding hydrogens is 518 g/mol. The zero-order valence-corrected chi connectivity index (χ0v) is 22.6. The molecule has 0 amide bonds. The first kappa shape index (κ1) is 26.9. The number of nitrogen functional groups attached to an aromatic ring is 1. The Balaban J connectivity index is 1.73. The first-order valence-corrected chi connectivity index (χ1v) is 13.4. The highest BCUT2D eigenvalue weighted by molar-refractivity contribution is 7.90. The Morgan fingerprint density at radius 3 is 2.54 bits per heavy atom. The van der Waals surface area contributed by atoms with Crippen molar-refractivity contribution in [2.24, 2.45) is 0 Å². The average Bonchev–Trinajstić information content (AvgIpc) is 2.85. The van der Waals surface area contributed by atoms with Crippen LogP contribution in [0.1, 0.15) is 24.4 Å². The summed E-state index contributed by atoms with van der Waals surface area (Å²) >= 11 is 6.16. The number of rotatable bonds is 8. The number of hydrogen-bond donors (Lipinski definition) is 3. The lowest BCUT2D eigenvalue weighted by atomic mass is 10.0. The molecular formula is C23H30ClN9O3S. The summed E-state index contributed by atoms with van der Waals surface area (Å²) in [5.74, 6) is 1.36. The lowest BCUT2D eigenvalue weighted by Crippen LogP contribution is -2.38. The molecule has 3 aromatic heterocycles. The molecule has 3 aromatic rings. The van der Waals surface area contributed by atoms with E-state index >= 15 is 0 Å². The third kappa shape index (κ3) is 6.43. The van der Waals surface area contributed by atoms with Crippen molar-refractivity contribution in [3.63, 3.8) is 0 Å². The van der Waals surface area contributed by atoms with Crippen molar-refractivity contribution < 1.29 is 13.2 Å². The van der Waals surface area contributed by atoms with Gasteiger partial charge in [0.05, 0.1) is 36.5 Å². The maximum absolute atomic E-state index is 12.3. The van der Waals surface area contributed by atoms with Crippen molar-refractivity contribution in [3.8, 4) is 11.3 Å². The van der Waals surface area contributed by atoms with Gasteiger partial charge in [-0.25, -0.2) is 19.9 Å². The molecule has 1 fully saturated rings. The molecule has 1 saturated heterocycles. The minimum Gasteiger partial charge on any atom is -0.384 e. The summed E-state index contributed by atoms with van der Waals surface area (Å²) in [7, 11) is -0.952. The largest absolute Gasteiger partial charge is 0.384 e. The van der Waals surface area contributed by atoms with Gasteiger partial charge in [0.15, 0.2) is 5.15 Å². The third-order valence-corrected chi connectivity index (χ3v) is 7.68. The SMILES string of the molecule is Cc1nc(N)cc(-c2cc(C(C)N3CCOCC3)cnc2Nc2cnc(Cl)c(NS(=O)(=O)N(C)C)c2)n1. The number of aromatic nitrogens is 4. The molecule has 1 atom stereocenters. The van der Waals surface area contributed by atoms with Crippen molar-refractivity contribution in [3.05, 3.63) is 47.1 Å². The number of pyridine rings is 2. The summed E-state index contributed by atoms with van der Waals surface area (Å²) in [6.45, 7) is 6.94. The van der Waals surface area contributed by atoms with E-state index in [-0.39, 0.29) is 16.9 Å². The summed E-state index contributed by atoms with van der Waals surface area (Å²) in [4.78, 5) is 19.9. The van der Waals surface area contributed by atoms with Gasteiger partial charge in [-0.2, -0.15) is 12.7 Å². The Kier molecular flexibility index (Phi) is 8.09. The van der Waals surface area contributed by atoms with E-state index in [1.165, 1.54) is 20.3 Å². The molecule has 1 unspecified atom stereocenters. The Morgan fingerprint density at radius 1 is 1.14 bits per heavy atom. The minimum absolute atomic E-state index is 0.0121. The van der Waals surface area contributed by atoms with E-state index < -0.39 is 10.2 Å². The van der Waals surface area contributed by atoms with E-state index in [4.69, 9.17) is 27.1 Å². The van der Waals surface area contributed by atoms with Crippen LogP contribution in [0.5, 0.6) is 0 Å². The van der Waals surface area contributed by atoms with E-state index in [0.29, 0.717) is 47.6 Å². The van der Waals surface area contributed by atoms with Crippen LogP contribution in [-0.4, -0.2) is 78.0 Å². The molecule has 0 spiro atoms. The van der Waals surface area contributed by atoms with Gasteiger partial charge < -0.3 is 15.8 Å². The van der Waals surface area contributed by atoms with Crippen molar-refractivity contribution >= 4 is 44.8 Å². The highest BCUT2D eigenvalue weighted by atomic mass is 35.5. The van der Waals surface area contributed by atoms with Gasteiger partial charge >= 0.3 is 10.2 Å². The Morgan fingerprint density at radius 2 is 1.86 bits per heavy atom. The van der Waals surface area contributed by atoms with Crippen LogP contribution in [0.15, 0.2) is 30.6 Å². The number of anilines is 4. The van der Waals surface area contributed by atoms with Crippen LogP contribution in [-0.2, 0) is 14.9 Å². The van der Waals surface area contributed by atoms with Crippen molar-refractivity contribution in [2.45, 2.75) is 19.9 Å². The highest BCUT2D eigenvalue weighted by Crippen LogP contribution is 2.33. The van der Waals surface area contributed by atoms with E-state index in [0.717, 1.165) is 23.0 Å². The van der Waals surface area contributed by atoms with Gasteiger partial charge in [-0.3, -0.25) is 9.62 Å². The summed E-state index contributed by atoms with van der Waals surface area (Å²) in [5, 5.41) is 3.23. The molecule has 0 radical (unpaired) electrons. The highest BCUT2D eigenvalue weighted by Gasteiger charge is 2.22. The molecule has 198 valence electrons. The Bertz CT molecular complexity index is 1360. The van der Waals surface area contributed by atoms with Gasteiger partial charge in [-0.05, 0) is 31.5 Å². The zero-order valence-electron chi connectivity index (χ0n) is 21.1. The fraction of sp³-hybridized carbons (Fsp3) is 0.391. The molecule has 1 aliphatic heterocycles. The van der Waals surface area contributed by atoms with Crippen LogP contribution in [0.25, 0.3) is 11.3 Å². The quantitative estimate of drug-likeness (QED) is 0.359. The molecule has 0 aromatic carbocycles. The Labute approximate surface area is 221 Å². The Hall–Kier alpha value is -3.10. The third-order valence-electron chi connectivity index (χ3n) is 5.94. The number of ether oxygens (including phenoxy) is 1. The fourth-order valence-electron chi connectivity index (χ4n) is 3.86. The smallest absolute Gasteiger partial charge is 0.301 e. The van der Waals surface area contributed by atoms with Crippen LogP contribution in [0.4, 0.5) is 23.0 Å². The second kappa shape index (κ2) is 11.1. The maximum Gasteiger partial charge on any atom is 0.301 e. The number of hydrogen-bond acceptors (Lipinski definition) is 10. The fourth-order valence-corrected chi connectivity index (χ4v) is 4.69. The van der Waals surface area contributed by atoms with E-state index in [9.17, 15) is 8.42 Å². The summed E-state index contributed by atoms with van der Waals surface area (Å²) in [6, 6.07) is 5.37. The molecule has 14 heteroatoms. The second-order valence-corrected chi connectivity index (χ2v) is 11.0. The summed E-state index contributed by atoms with van der Waals surface area (Å²) in [6.07, 6.45) is 3.30. The number of nitrogens with two attached hydrogens (primary N) is 1. The van der Waals surface area contributed by atoms with E-state index in [1.807, 2.05) is 12.3 Å². The van der Waals surface area contributed by atoms with Gasteiger partial charge in [0.2, 0.25) is 0 Å². The van der Waals surface area contributed by atoms with Crippen LogP contribution < -0.4 is 15.8 Å². The number of nitrogens with one attached hydrogen (secondary N) is 2. The van der Waals surface area contributed by atoms with Gasteiger partial charge in [0, 0.05) is 51.1 Å². The molecule has 4 rings (SSSR count). The average molecular weight is 548 g/mol. The molecule has 12 nitrogen and oxygen atoms in total. The molecule has 4 heterocycles. The van der Waals surface area contributed by atoms with Crippen LogP contribution in [0.2, 0.25) is 5.15 Å². The topological polar surface area (TPSA) is 151 Å².